The van der Waals surface area contributed by atoms with Crippen molar-refractivity contribution in [3.63, 3.8) is 0 Å². The molecule has 0 saturated carbocycles. The molecule has 0 aliphatic heterocycles. The number of aromatic nitrogens is 4. The molecule has 1 aromatic carbocycles. The number of benzene rings is 1. The first kappa shape index (κ1) is 21.1. The fourth-order valence-corrected chi connectivity index (χ4v) is 3.93. The van der Waals surface area contributed by atoms with Gasteiger partial charge in [0.25, 0.3) is 0 Å². The highest BCUT2D eigenvalue weighted by Gasteiger charge is 2.13. The number of halogens is 1. The van der Waals surface area contributed by atoms with Crippen LogP contribution in [-0.2, 0) is 20.0 Å². The second-order valence-electron chi connectivity index (χ2n) is 8.15. The quantitative estimate of drug-likeness (QED) is 0.449. The van der Waals surface area contributed by atoms with Crippen LogP contribution in [0, 0.1) is 19.7 Å². The summed E-state index contributed by atoms with van der Waals surface area (Å²) in [5.41, 5.74) is 7.08. The molecule has 162 valence electrons. The summed E-state index contributed by atoms with van der Waals surface area (Å²) in [5.74, 6) is 0.220. The second kappa shape index (κ2) is 8.51. The van der Waals surface area contributed by atoms with Gasteiger partial charge in [-0.15, -0.1) is 0 Å². The summed E-state index contributed by atoms with van der Waals surface area (Å²) < 4.78 is 24.1. The summed E-state index contributed by atoms with van der Waals surface area (Å²) in [7, 11) is 6.00. The standard InChI is InChI=1S/C24H28FN5O/c1-16-21(17(2)29(5)27-16)10-11-31-23-12-19(25)7-8-22(23)18-6-9-24-26-13-20(15-28(3)4)30(24)14-18/h6-9,12-14H,10-11,15H2,1-5H3. The molecule has 0 aliphatic carbocycles. The van der Waals surface area contributed by atoms with Gasteiger partial charge in [-0.1, -0.05) is 0 Å². The van der Waals surface area contributed by atoms with E-state index in [2.05, 4.69) is 26.3 Å². The average molecular weight is 422 g/mol. The van der Waals surface area contributed by atoms with Crippen LogP contribution < -0.4 is 4.74 Å². The van der Waals surface area contributed by atoms with Crippen molar-refractivity contribution < 1.29 is 9.13 Å². The second-order valence-corrected chi connectivity index (χ2v) is 8.15. The van der Waals surface area contributed by atoms with E-state index in [0.29, 0.717) is 12.4 Å². The average Bonchev–Trinajstić information content (AvgIpc) is 3.22. The topological polar surface area (TPSA) is 47.6 Å². The number of pyridine rings is 1. The number of rotatable bonds is 7. The van der Waals surface area contributed by atoms with Crippen molar-refractivity contribution in [3.05, 3.63) is 71.2 Å². The van der Waals surface area contributed by atoms with Gasteiger partial charge in [0, 0.05) is 49.1 Å². The van der Waals surface area contributed by atoms with E-state index in [0.717, 1.165) is 46.8 Å². The van der Waals surface area contributed by atoms with Crippen molar-refractivity contribution in [2.45, 2.75) is 26.8 Å². The van der Waals surface area contributed by atoms with Crippen molar-refractivity contribution in [2.24, 2.45) is 7.05 Å². The number of nitrogens with zero attached hydrogens (tertiary/aromatic N) is 5. The third kappa shape index (κ3) is 4.32. The Hall–Kier alpha value is -3.19. The molecule has 0 N–H and O–H groups in total. The van der Waals surface area contributed by atoms with Gasteiger partial charge in [-0.05, 0) is 57.8 Å². The predicted molar refractivity (Wildman–Crippen MR) is 120 cm³/mol. The van der Waals surface area contributed by atoms with Crippen LogP contribution in [0.15, 0.2) is 42.7 Å². The molecule has 0 unspecified atom stereocenters. The van der Waals surface area contributed by atoms with E-state index in [1.807, 2.05) is 57.3 Å². The number of aryl methyl sites for hydroxylation is 2. The van der Waals surface area contributed by atoms with Crippen molar-refractivity contribution in [3.8, 4) is 16.9 Å². The molecule has 4 rings (SSSR count). The molecule has 0 aliphatic rings. The molecule has 0 saturated heterocycles. The van der Waals surface area contributed by atoms with E-state index >= 15 is 0 Å². The smallest absolute Gasteiger partial charge is 0.136 e. The fourth-order valence-electron chi connectivity index (χ4n) is 3.93. The first-order valence-electron chi connectivity index (χ1n) is 10.4. The fraction of sp³-hybridized carbons (Fsp3) is 0.333. The zero-order valence-electron chi connectivity index (χ0n) is 18.7. The third-order valence-corrected chi connectivity index (χ3v) is 5.58. The normalized spacial score (nSPS) is 11.6. The van der Waals surface area contributed by atoms with Gasteiger partial charge in [-0.2, -0.15) is 5.10 Å². The minimum absolute atomic E-state index is 0.315. The van der Waals surface area contributed by atoms with Gasteiger partial charge in [0.15, 0.2) is 0 Å². The minimum atomic E-state index is -0.315. The zero-order valence-corrected chi connectivity index (χ0v) is 18.7. The number of ether oxygens (including phenoxy) is 1. The Morgan fingerprint density at radius 1 is 1.13 bits per heavy atom. The van der Waals surface area contributed by atoms with Crippen LogP contribution in [0.1, 0.15) is 22.6 Å². The summed E-state index contributed by atoms with van der Waals surface area (Å²) in [6, 6.07) is 8.67. The van der Waals surface area contributed by atoms with Crippen molar-refractivity contribution in [1.29, 1.82) is 0 Å². The summed E-state index contributed by atoms with van der Waals surface area (Å²) in [4.78, 5) is 6.58. The Labute approximate surface area is 181 Å². The Balaban J connectivity index is 1.62. The van der Waals surface area contributed by atoms with Crippen LogP contribution >= 0.6 is 0 Å². The molecule has 3 heterocycles. The van der Waals surface area contributed by atoms with E-state index in [4.69, 9.17) is 4.74 Å². The summed E-state index contributed by atoms with van der Waals surface area (Å²) >= 11 is 0. The van der Waals surface area contributed by atoms with Crippen LogP contribution in [0.4, 0.5) is 4.39 Å². The largest absolute Gasteiger partial charge is 0.492 e. The van der Waals surface area contributed by atoms with E-state index in [1.54, 1.807) is 6.07 Å². The summed E-state index contributed by atoms with van der Waals surface area (Å²) in [5, 5.41) is 4.46. The third-order valence-electron chi connectivity index (χ3n) is 5.58. The van der Waals surface area contributed by atoms with Gasteiger partial charge in [0.2, 0.25) is 0 Å². The molecule has 0 amide bonds. The van der Waals surface area contributed by atoms with Crippen LogP contribution in [0.2, 0.25) is 0 Å². The molecule has 7 heteroatoms. The van der Waals surface area contributed by atoms with Gasteiger partial charge >= 0.3 is 0 Å². The van der Waals surface area contributed by atoms with Crippen LogP contribution in [-0.4, -0.2) is 44.8 Å². The van der Waals surface area contributed by atoms with Gasteiger partial charge in [0.05, 0.1) is 24.2 Å². The number of hydrogen-bond acceptors (Lipinski definition) is 4. The summed E-state index contributed by atoms with van der Waals surface area (Å²) in [6.07, 6.45) is 4.64. The molecular weight excluding hydrogens is 393 g/mol. The lowest BCUT2D eigenvalue weighted by Gasteiger charge is -2.14. The molecule has 3 aromatic heterocycles. The first-order valence-corrected chi connectivity index (χ1v) is 10.4. The lowest BCUT2D eigenvalue weighted by Crippen LogP contribution is -2.12. The molecule has 31 heavy (non-hydrogen) atoms. The number of hydrogen-bond donors (Lipinski definition) is 0. The minimum Gasteiger partial charge on any atom is -0.492 e. The van der Waals surface area contributed by atoms with E-state index in [9.17, 15) is 4.39 Å². The van der Waals surface area contributed by atoms with E-state index in [-0.39, 0.29) is 5.82 Å². The van der Waals surface area contributed by atoms with E-state index < -0.39 is 0 Å². The van der Waals surface area contributed by atoms with Crippen LogP contribution in [0.5, 0.6) is 5.75 Å². The highest BCUT2D eigenvalue weighted by molar-refractivity contribution is 5.71. The van der Waals surface area contributed by atoms with Gasteiger partial charge < -0.3 is 14.0 Å². The molecule has 0 bridgehead atoms. The molecular formula is C24H28FN5O. The Bertz CT molecular complexity index is 1220. The molecule has 0 radical (unpaired) electrons. The Kier molecular flexibility index (Phi) is 5.78. The Morgan fingerprint density at radius 3 is 2.65 bits per heavy atom. The molecule has 0 fully saturated rings. The zero-order chi connectivity index (χ0) is 22.1. The molecule has 0 atom stereocenters. The van der Waals surface area contributed by atoms with Gasteiger partial charge in [-0.3, -0.25) is 4.68 Å². The predicted octanol–water partition coefficient (Wildman–Crippen LogP) is 4.17. The van der Waals surface area contributed by atoms with Gasteiger partial charge in [0.1, 0.15) is 17.2 Å². The highest BCUT2D eigenvalue weighted by atomic mass is 19.1. The maximum atomic E-state index is 14.0. The van der Waals surface area contributed by atoms with Crippen molar-refractivity contribution in [1.82, 2.24) is 24.1 Å². The maximum absolute atomic E-state index is 14.0. The SMILES string of the molecule is Cc1nn(C)c(C)c1CCOc1cc(F)ccc1-c1ccc2ncc(CN(C)C)n2c1. The number of fused-ring (bicyclic) bond motifs is 1. The maximum Gasteiger partial charge on any atom is 0.136 e. The van der Waals surface area contributed by atoms with Crippen LogP contribution in [0.3, 0.4) is 0 Å². The highest BCUT2D eigenvalue weighted by Crippen LogP contribution is 2.31. The lowest BCUT2D eigenvalue weighted by atomic mass is 10.1. The van der Waals surface area contributed by atoms with Gasteiger partial charge in [-0.25, -0.2) is 9.37 Å². The van der Waals surface area contributed by atoms with Crippen molar-refractivity contribution >= 4 is 5.65 Å². The lowest BCUT2D eigenvalue weighted by molar-refractivity contribution is 0.321. The number of imidazole rings is 1. The van der Waals surface area contributed by atoms with E-state index in [1.165, 1.54) is 17.7 Å². The molecule has 4 aromatic rings. The summed E-state index contributed by atoms with van der Waals surface area (Å²) in [6.45, 7) is 5.28. The van der Waals surface area contributed by atoms with Crippen molar-refractivity contribution in [2.75, 3.05) is 20.7 Å². The van der Waals surface area contributed by atoms with Crippen LogP contribution in [0.25, 0.3) is 16.8 Å². The first-order chi connectivity index (χ1) is 14.8. The molecule has 0 spiro atoms. The molecule has 6 nitrogen and oxygen atoms in total. The Morgan fingerprint density at radius 2 is 1.94 bits per heavy atom. The monoisotopic (exact) mass is 421 g/mol.